The van der Waals surface area contributed by atoms with Gasteiger partial charge in [-0.2, -0.15) is 0 Å². The van der Waals surface area contributed by atoms with Crippen molar-refractivity contribution < 1.29 is 13.9 Å². The first-order valence-corrected chi connectivity index (χ1v) is 9.67. The zero-order valence-corrected chi connectivity index (χ0v) is 16.5. The van der Waals surface area contributed by atoms with Gasteiger partial charge in [0.2, 0.25) is 0 Å². The first kappa shape index (κ1) is 18.8. The van der Waals surface area contributed by atoms with Gasteiger partial charge in [0.25, 0.3) is 0 Å². The minimum Gasteiger partial charge on any atom is -0.507 e. The molecule has 0 bridgehead atoms. The fourth-order valence-corrected chi connectivity index (χ4v) is 3.77. The molecule has 4 nitrogen and oxygen atoms in total. The Hall–Kier alpha value is -2.51. The molecular formula is C21H18BrF2N3O. The first-order chi connectivity index (χ1) is 13.4. The van der Waals surface area contributed by atoms with Gasteiger partial charge in [0, 0.05) is 34.7 Å². The van der Waals surface area contributed by atoms with Crippen molar-refractivity contribution >= 4 is 21.7 Å². The Morgan fingerprint density at radius 2 is 1.93 bits per heavy atom. The lowest BCUT2D eigenvalue weighted by molar-refractivity contribution is 0.477. The SMILES string of the molecule is NC1CCN(c2cc(-c3cccc(F)c3F)cc(-c3cc(Br)ccc3O)n2)C1. The minimum atomic E-state index is -0.915. The summed E-state index contributed by atoms with van der Waals surface area (Å²) < 4.78 is 29.0. The Balaban J connectivity index is 1.91. The topological polar surface area (TPSA) is 62.4 Å². The third-order valence-corrected chi connectivity index (χ3v) is 5.35. The molecule has 2 heterocycles. The molecule has 7 heteroatoms. The summed E-state index contributed by atoms with van der Waals surface area (Å²) in [7, 11) is 0. The molecule has 1 saturated heterocycles. The number of aromatic hydroxyl groups is 1. The second kappa shape index (κ2) is 7.48. The lowest BCUT2D eigenvalue weighted by atomic mass is 10.0. The number of halogens is 3. The predicted molar refractivity (Wildman–Crippen MR) is 109 cm³/mol. The van der Waals surface area contributed by atoms with Crippen LogP contribution < -0.4 is 10.6 Å². The third-order valence-electron chi connectivity index (χ3n) is 4.86. The molecule has 1 aromatic heterocycles. The molecule has 1 aliphatic rings. The Kier molecular flexibility index (Phi) is 5.03. The molecule has 0 spiro atoms. The van der Waals surface area contributed by atoms with Gasteiger partial charge in [-0.05, 0) is 48.4 Å². The van der Waals surface area contributed by atoms with Gasteiger partial charge in [-0.25, -0.2) is 13.8 Å². The summed E-state index contributed by atoms with van der Waals surface area (Å²) in [6.07, 6.45) is 0.831. The summed E-state index contributed by atoms with van der Waals surface area (Å²) in [5.74, 6) is -1.16. The number of nitrogens with zero attached hydrogens (tertiary/aromatic N) is 2. The largest absolute Gasteiger partial charge is 0.507 e. The van der Waals surface area contributed by atoms with E-state index >= 15 is 0 Å². The molecule has 3 aromatic rings. The second-order valence-electron chi connectivity index (χ2n) is 6.86. The van der Waals surface area contributed by atoms with Crippen LogP contribution in [0.1, 0.15) is 6.42 Å². The highest BCUT2D eigenvalue weighted by molar-refractivity contribution is 9.10. The van der Waals surface area contributed by atoms with E-state index < -0.39 is 11.6 Å². The lowest BCUT2D eigenvalue weighted by Gasteiger charge is -2.20. The zero-order chi connectivity index (χ0) is 19.8. The molecule has 144 valence electrons. The van der Waals surface area contributed by atoms with Crippen LogP contribution in [0.2, 0.25) is 0 Å². The summed E-state index contributed by atoms with van der Waals surface area (Å²) in [4.78, 5) is 6.69. The Labute approximate surface area is 169 Å². The first-order valence-electron chi connectivity index (χ1n) is 8.88. The summed E-state index contributed by atoms with van der Waals surface area (Å²) >= 11 is 3.40. The van der Waals surface area contributed by atoms with Gasteiger partial charge in [0.1, 0.15) is 11.6 Å². The molecule has 1 atom stereocenters. The van der Waals surface area contributed by atoms with Crippen molar-refractivity contribution in [1.29, 1.82) is 0 Å². The van der Waals surface area contributed by atoms with E-state index in [0.717, 1.165) is 23.5 Å². The highest BCUT2D eigenvalue weighted by atomic mass is 79.9. The molecule has 4 rings (SSSR count). The Morgan fingerprint density at radius 1 is 1.11 bits per heavy atom. The number of phenolic OH excluding ortho intramolecular Hbond substituents is 1. The lowest BCUT2D eigenvalue weighted by Crippen LogP contribution is -2.27. The van der Waals surface area contributed by atoms with Gasteiger partial charge in [-0.15, -0.1) is 0 Å². The van der Waals surface area contributed by atoms with Crippen molar-refractivity contribution in [2.24, 2.45) is 5.73 Å². The van der Waals surface area contributed by atoms with E-state index in [2.05, 4.69) is 20.9 Å². The fourth-order valence-electron chi connectivity index (χ4n) is 3.41. The molecule has 0 saturated carbocycles. The number of aromatic nitrogens is 1. The van der Waals surface area contributed by atoms with Gasteiger partial charge >= 0.3 is 0 Å². The van der Waals surface area contributed by atoms with E-state index in [1.807, 2.05) is 4.90 Å². The number of anilines is 1. The maximum atomic E-state index is 14.5. The molecule has 0 radical (unpaired) electrons. The Morgan fingerprint density at radius 3 is 2.68 bits per heavy atom. The number of phenols is 1. The fraction of sp³-hybridized carbons (Fsp3) is 0.190. The summed E-state index contributed by atoms with van der Waals surface area (Å²) in [6, 6.07) is 12.5. The molecule has 28 heavy (non-hydrogen) atoms. The van der Waals surface area contributed by atoms with Gasteiger partial charge in [-0.3, -0.25) is 0 Å². The predicted octanol–water partition coefficient (Wildman–Crippen LogP) is 4.70. The maximum Gasteiger partial charge on any atom is 0.166 e. The molecular weight excluding hydrogens is 428 g/mol. The number of pyridine rings is 1. The number of benzene rings is 2. The number of nitrogens with two attached hydrogens (primary N) is 1. The highest BCUT2D eigenvalue weighted by Crippen LogP contribution is 2.36. The zero-order valence-electron chi connectivity index (χ0n) is 14.9. The van der Waals surface area contributed by atoms with E-state index in [9.17, 15) is 13.9 Å². The van der Waals surface area contributed by atoms with Crippen LogP contribution in [0.25, 0.3) is 22.4 Å². The van der Waals surface area contributed by atoms with Gasteiger partial charge in [0.15, 0.2) is 11.6 Å². The standard InChI is InChI=1S/C21H18BrF2N3O/c22-13-4-5-19(28)16(10-13)18-8-12(15-2-1-3-17(23)21(15)24)9-20(26-18)27-7-6-14(25)11-27/h1-5,8-10,14,28H,6-7,11,25H2. The van der Waals surface area contributed by atoms with Crippen LogP contribution in [0.4, 0.5) is 14.6 Å². The van der Waals surface area contributed by atoms with E-state index in [1.165, 1.54) is 12.1 Å². The van der Waals surface area contributed by atoms with E-state index in [4.69, 9.17) is 5.73 Å². The van der Waals surface area contributed by atoms with Crippen LogP contribution >= 0.6 is 15.9 Å². The van der Waals surface area contributed by atoms with Gasteiger partial charge in [-0.1, -0.05) is 28.1 Å². The van der Waals surface area contributed by atoms with Crippen molar-refractivity contribution in [2.45, 2.75) is 12.5 Å². The van der Waals surface area contributed by atoms with Crippen LogP contribution in [0.3, 0.4) is 0 Å². The smallest absolute Gasteiger partial charge is 0.166 e. The molecule has 0 aliphatic carbocycles. The molecule has 1 aliphatic heterocycles. The molecule has 2 aromatic carbocycles. The average Bonchev–Trinajstić information content (AvgIpc) is 3.12. The number of rotatable bonds is 3. The van der Waals surface area contributed by atoms with Crippen LogP contribution in [0, 0.1) is 11.6 Å². The van der Waals surface area contributed by atoms with Gasteiger partial charge < -0.3 is 15.7 Å². The molecule has 1 unspecified atom stereocenters. The van der Waals surface area contributed by atoms with Crippen molar-refractivity contribution in [2.75, 3.05) is 18.0 Å². The highest BCUT2D eigenvalue weighted by Gasteiger charge is 2.23. The van der Waals surface area contributed by atoms with E-state index in [1.54, 1.807) is 30.3 Å². The molecule has 3 N–H and O–H groups in total. The van der Waals surface area contributed by atoms with E-state index in [-0.39, 0.29) is 17.4 Å². The van der Waals surface area contributed by atoms with Crippen LogP contribution in [0.15, 0.2) is 53.0 Å². The van der Waals surface area contributed by atoms with Crippen molar-refractivity contribution in [3.63, 3.8) is 0 Å². The van der Waals surface area contributed by atoms with Crippen molar-refractivity contribution in [3.05, 3.63) is 64.6 Å². The van der Waals surface area contributed by atoms with Crippen molar-refractivity contribution in [1.82, 2.24) is 4.98 Å². The Bertz CT molecular complexity index is 1020. The third kappa shape index (κ3) is 3.59. The molecule has 1 fully saturated rings. The maximum absolute atomic E-state index is 14.5. The van der Waals surface area contributed by atoms with Crippen LogP contribution in [-0.2, 0) is 0 Å². The molecule has 0 amide bonds. The quantitative estimate of drug-likeness (QED) is 0.613. The van der Waals surface area contributed by atoms with E-state index in [0.29, 0.717) is 29.2 Å². The normalized spacial score (nSPS) is 16.6. The van der Waals surface area contributed by atoms with Crippen LogP contribution in [0.5, 0.6) is 5.75 Å². The monoisotopic (exact) mass is 445 g/mol. The summed E-state index contributed by atoms with van der Waals surface area (Å²) in [5.41, 5.74) is 7.61. The second-order valence-corrected chi connectivity index (χ2v) is 7.77. The van der Waals surface area contributed by atoms with Crippen LogP contribution in [-0.4, -0.2) is 29.2 Å². The summed E-state index contributed by atoms with van der Waals surface area (Å²) in [5, 5.41) is 10.3. The summed E-state index contributed by atoms with van der Waals surface area (Å²) in [6.45, 7) is 1.36. The number of hydrogen-bond acceptors (Lipinski definition) is 4. The minimum absolute atomic E-state index is 0.0408. The average molecular weight is 446 g/mol. The van der Waals surface area contributed by atoms with Crippen molar-refractivity contribution in [3.8, 4) is 28.1 Å². The van der Waals surface area contributed by atoms with Gasteiger partial charge in [0.05, 0.1) is 5.69 Å². The number of hydrogen-bond donors (Lipinski definition) is 2.